The van der Waals surface area contributed by atoms with E-state index in [1.54, 1.807) is 32.2 Å². The molecule has 2 rings (SSSR count). The lowest BCUT2D eigenvalue weighted by Crippen LogP contribution is -2.29. The molecule has 0 spiro atoms. The summed E-state index contributed by atoms with van der Waals surface area (Å²) in [5.41, 5.74) is 0.720. The number of ether oxygens (including phenoxy) is 1. The number of methoxy groups -OCH3 is 1. The highest BCUT2D eigenvalue weighted by Gasteiger charge is 2.15. The Morgan fingerprint density at radius 2 is 2.35 bits per heavy atom. The SMILES string of the molecule is COc1ccc(Cl)cc1CC(=O)NC(C)c1nn[nH]n1. The van der Waals surface area contributed by atoms with E-state index >= 15 is 0 Å². The molecule has 0 fully saturated rings. The van der Waals surface area contributed by atoms with Crippen LogP contribution in [-0.4, -0.2) is 33.6 Å². The lowest BCUT2D eigenvalue weighted by molar-refractivity contribution is -0.121. The molecule has 0 bridgehead atoms. The van der Waals surface area contributed by atoms with Gasteiger partial charge >= 0.3 is 0 Å². The average Bonchev–Trinajstić information content (AvgIpc) is 2.92. The Balaban J connectivity index is 2.03. The molecule has 0 saturated carbocycles. The molecule has 1 amide bonds. The van der Waals surface area contributed by atoms with Gasteiger partial charge in [-0.25, -0.2) is 0 Å². The number of nitrogens with zero attached hydrogens (tertiary/aromatic N) is 3. The van der Waals surface area contributed by atoms with Gasteiger partial charge in [0.2, 0.25) is 5.91 Å². The van der Waals surface area contributed by atoms with Crippen LogP contribution in [0.15, 0.2) is 18.2 Å². The first-order valence-electron chi connectivity index (χ1n) is 5.95. The number of H-pyrrole nitrogens is 1. The third kappa shape index (κ3) is 3.45. The maximum absolute atomic E-state index is 12.0. The van der Waals surface area contributed by atoms with Gasteiger partial charge in [0.25, 0.3) is 0 Å². The molecular formula is C12H14ClN5O2. The molecule has 1 heterocycles. The van der Waals surface area contributed by atoms with E-state index in [0.29, 0.717) is 16.6 Å². The van der Waals surface area contributed by atoms with Crippen LogP contribution in [0.5, 0.6) is 5.75 Å². The second-order valence-corrected chi connectivity index (χ2v) is 4.63. The Labute approximate surface area is 120 Å². The number of rotatable bonds is 5. The molecule has 0 saturated heterocycles. The van der Waals surface area contributed by atoms with Crippen LogP contribution >= 0.6 is 11.6 Å². The van der Waals surface area contributed by atoms with Gasteiger partial charge in [-0.15, -0.1) is 10.2 Å². The second kappa shape index (κ2) is 6.33. The molecule has 0 aliphatic heterocycles. The number of benzene rings is 1. The monoisotopic (exact) mass is 295 g/mol. The molecule has 106 valence electrons. The van der Waals surface area contributed by atoms with Crippen LogP contribution in [-0.2, 0) is 11.2 Å². The third-order valence-corrected chi connectivity index (χ3v) is 2.96. The van der Waals surface area contributed by atoms with Gasteiger partial charge in [-0.1, -0.05) is 16.8 Å². The van der Waals surface area contributed by atoms with Crippen molar-refractivity contribution in [1.29, 1.82) is 0 Å². The Morgan fingerprint density at radius 1 is 1.55 bits per heavy atom. The topological polar surface area (TPSA) is 92.8 Å². The van der Waals surface area contributed by atoms with E-state index in [-0.39, 0.29) is 18.4 Å². The van der Waals surface area contributed by atoms with E-state index in [4.69, 9.17) is 16.3 Å². The van der Waals surface area contributed by atoms with Crippen LogP contribution in [0.4, 0.5) is 0 Å². The number of tetrazole rings is 1. The molecule has 0 aliphatic rings. The maximum atomic E-state index is 12.0. The van der Waals surface area contributed by atoms with Gasteiger partial charge in [0, 0.05) is 10.6 Å². The Kier molecular flexibility index (Phi) is 4.52. The number of carbonyl (C=O) groups excluding carboxylic acids is 1. The van der Waals surface area contributed by atoms with Crippen molar-refractivity contribution in [3.63, 3.8) is 0 Å². The van der Waals surface area contributed by atoms with Crippen molar-refractivity contribution in [2.75, 3.05) is 7.11 Å². The van der Waals surface area contributed by atoms with E-state index in [1.165, 1.54) is 0 Å². The van der Waals surface area contributed by atoms with Gasteiger partial charge in [-0.3, -0.25) is 4.79 Å². The molecule has 0 aliphatic carbocycles. The summed E-state index contributed by atoms with van der Waals surface area (Å²) in [5, 5.41) is 16.8. The lowest BCUT2D eigenvalue weighted by atomic mass is 10.1. The highest BCUT2D eigenvalue weighted by atomic mass is 35.5. The van der Waals surface area contributed by atoms with Gasteiger partial charge < -0.3 is 10.1 Å². The van der Waals surface area contributed by atoms with Gasteiger partial charge in [-0.2, -0.15) is 5.21 Å². The van der Waals surface area contributed by atoms with Crippen molar-refractivity contribution in [1.82, 2.24) is 25.9 Å². The molecule has 1 aromatic carbocycles. The van der Waals surface area contributed by atoms with Gasteiger partial charge in [-0.05, 0) is 25.1 Å². The van der Waals surface area contributed by atoms with Crippen molar-refractivity contribution < 1.29 is 9.53 Å². The first-order chi connectivity index (χ1) is 9.60. The number of carbonyl (C=O) groups is 1. The van der Waals surface area contributed by atoms with Gasteiger partial charge in [0.1, 0.15) is 5.75 Å². The molecule has 1 atom stereocenters. The fraction of sp³-hybridized carbons (Fsp3) is 0.333. The molecule has 1 aromatic heterocycles. The molecule has 2 N–H and O–H groups in total. The van der Waals surface area contributed by atoms with E-state index < -0.39 is 0 Å². The second-order valence-electron chi connectivity index (χ2n) is 4.19. The minimum absolute atomic E-state index is 0.159. The van der Waals surface area contributed by atoms with E-state index in [2.05, 4.69) is 25.9 Å². The summed E-state index contributed by atoms with van der Waals surface area (Å²) >= 11 is 5.92. The molecular weight excluding hydrogens is 282 g/mol. The number of hydrogen-bond donors (Lipinski definition) is 2. The number of halogens is 1. The quantitative estimate of drug-likeness (QED) is 0.867. The van der Waals surface area contributed by atoms with Gasteiger partial charge in [0.15, 0.2) is 5.82 Å². The standard InChI is InChI=1S/C12H14ClN5O2/c1-7(12-15-17-18-16-12)14-11(19)6-8-5-9(13)3-4-10(8)20-2/h3-5,7H,6H2,1-2H3,(H,14,19)(H,15,16,17,18). The van der Waals surface area contributed by atoms with Crippen LogP contribution in [0.1, 0.15) is 24.4 Å². The number of hydrogen-bond acceptors (Lipinski definition) is 5. The van der Waals surface area contributed by atoms with Crippen LogP contribution < -0.4 is 10.1 Å². The first-order valence-corrected chi connectivity index (χ1v) is 6.33. The first kappa shape index (κ1) is 14.3. The Morgan fingerprint density at radius 3 is 3.00 bits per heavy atom. The zero-order chi connectivity index (χ0) is 14.5. The van der Waals surface area contributed by atoms with E-state index in [0.717, 1.165) is 5.56 Å². The highest BCUT2D eigenvalue weighted by molar-refractivity contribution is 6.30. The number of amides is 1. The highest BCUT2D eigenvalue weighted by Crippen LogP contribution is 2.23. The number of aromatic nitrogens is 4. The molecule has 0 radical (unpaired) electrons. The summed E-state index contributed by atoms with van der Waals surface area (Å²) in [6.07, 6.45) is 0.159. The van der Waals surface area contributed by atoms with Crippen LogP contribution in [0.3, 0.4) is 0 Å². The predicted molar refractivity (Wildman–Crippen MR) is 72.4 cm³/mol. The molecule has 8 heteroatoms. The summed E-state index contributed by atoms with van der Waals surface area (Å²) in [5.74, 6) is 0.871. The normalized spacial score (nSPS) is 11.9. The summed E-state index contributed by atoms with van der Waals surface area (Å²) in [6, 6.07) is 4.82. The lowest BCUT2D eigenvalue weighted by Gasteiger charge is -2.12. The van der Waals surface area contributed by atoms with Crippen molar-refractivity contribution in [2.24, 2.45) is 0 Å². The van der Waals surface area contributed by atoms with Crippen molar-refractivity contribution in [3.05, 3.63) is 34.6 Å². The third-order valence-electron chi connectivity index (χ3n) is 2.72. The van der Waals surface area contributed by atoms with Crippen LogP contribution in [0.2, 0.25) is 5.02 Å². The summed E-state index contributed by atoms with van der Waals surface area (Å²) in [6.45, 7) is 1.78. The molecule has 7 nitrogen and oxygen atoms in total. The smallest absolute Gasteiger partial charge is 0.225 e. The van der Waals surface area contributed by atoms with E-state index in [1.807, 2.05) is 0 Å². The van der Waals surface area contributed by atoms with Crippen LogP contribution in [0.25, 0.3) is 0 Å². The summed E-state index contributed by atoms with van der Waals surface area (Å²) < 4.78 is 5.20. The summed E-state index contributed by atoms with van der Waals surface area (Å²) in [7, 11) is 1.55. The summed E-state index contributed by atoms with van der Waals surface area (Å²) in [4.78, 5) is 12.0. The van der Waals surface area contributed by atoms with Crippen molar-refractivity contribution in [3.8, 4) is 5.75 Å². The molecule has 1 unspecified atom stereocenters. The molecule has 2 aromatic rings. The zero-order valence-corrected chi connectivity index (χ0v) is 11.8. The minimum Gasteiger partial charge on any atom is -0.496 e. The van der Waals surface area contributed by atoms with Crippen molar-refractivity contribution in [2.45, 2.75) is 19.4 Å². The van der Waals surface area contributed by atoms with E-state index in [9.17, 15) is 4.79 Å². The largest absolute Gasteiger partial charge is 0.496 e. The number of nitrogens with one attached hydrogen (secondary N) is 2. The fourth-order valence-corrected chi connectivity index (χ4v) is 1.96. The Bertz CT molecular complexity index is 588. The van der Waals surface area contributed by atoms with Gasteiger partial charge in [0.05, 0.1) is 19.6 Å². The maximum Gasteiger partial charge on any atom is 0.225 e. The average molecular weight is 296 g/mol. The zero-order valence-electron chi connectivity index (χ0n) is 11.1. The Hall–Kier alpha value is -2.15. The van der Waals surface area contributed by atoms with Crippen molar-refractivity contribution >= 4 is 17.5 Å². The minimum atomic E-state index is -0.327. The molecule has 20 heavy (non-hydrogen) atoms. The predicted octanol–water partition coefficient (Wildman–Crippen LogP) is 1.28. The van der Waals surface area contributed by atoms with Crippen LogP contribution in [0, 0.1) is 0 Å². The number of aromatic amines is 1. The fourth-order valence-electron chi connectivity index (χ4n) is 1.77.